The summed E-state index contributed by atoms with van der Waals surface area (Å²) in [6, 6.07) is 10.9. The van der Waals surface area contributed by atoms with E-state index in [2.05, 4.69) is 32.9 Å². The molecular weight excluding hydrogens is 376 g/mol. The van der Waals surface area contributed by atoms with Gasteiger partial charge in [0.2, 0.25) is 0 Å². The van der Waals surface area contributed by atoms with Crippen molar-refractivity contribution >= 4 is 34.4 Å². The van der Waals surface area contributed by atoms with Gasteiger partial charge in [-0.1, -0.05) is 6.07 Å². The lowest BCUT2D eigenvalue weighted by molar-refractivity contribution is -0.918. The van der Waals surface area contributed by atoms with Gasteiger partial charge in [-0.25, -0.2) is 0 Å². The smallest absolute Gasteiger partial charge is 0.387 e. The van der Waals surface area contributed by atoms with Crippen molar-refractivity contribution in [2.24, 2.45) is 0 Å². The highest BCUT2D eigenvalue weighted by Crippen LogP contribution is 2.19. The van der Waals surface area contributed by atoms with E-state index in [9.17, 15) is 8.78 Å². The van der Waals surface area contributed by atoms with Crippen molar-refractivity contribution in [2.45, 2.75) is 25.5 Å². The van der Waals surface area contributed by atoms with E-state index in [0.717, 1.165) is 12.2 Å². The number of likely N-dealkylation sites (tertiary alicyclic amines) is 1. The Hall–Kier alpha value is -1.77. The largest absolute Gasteiger partial charge is 0.435 e. The highest BCUT2D eigenvalue weighted by molar-refractivity contribution is 7.80. The number of thiophene rings is 1. The molecule has 0 unspecified atom stereocenters. The Morgan fingerprint density at radius 1 is 1.19 bits per heavy atom. The number of hydrogen-bond donors (Lipinski definition) is 3. The molecule has 0 spiro atoms. The van der Waals surface area contributed by atoms with E-state index in [0.29, 0.717) is 11.2 Å². The van der Waals surface area contributed by atoms with Gasteiger partial charge in [0.05, 0.1) is 24.5 Å². The minimum absolute atomic E-state index is 0.125. The summed E-state index contributed by atoms with van der Waals surface area (Å²) >= 11 is 7.16. The number of ether oxygens (including phenoxy) is 1. The number of alkyl halides is 2. The topological polar surface area (TPSA) is 37.7 Å². The lowest BCUT2D eigenvalue weighted by Gasteiger charge is -2.24. The van der Waals surface area contributed by atoms with Gasteiger partial charge in [0.25, 0.3) is 0 Å². The van der Waals surface area contributed by atoms with Crippen LogP contribution in [0.25, 0.3) is 0 Å². The van der Waals surface area contributed by atoms with Crippen LogP contribution in [-0.4, -0.2) is 31.4 Å². The van der Waals surface area contributed by atoms with Gasteiger partial charge in [0, 0.05) is 18.5 Å². The molecule has 1 aliphatic heterocycles. The number of hydrogen-bond acceptors (Lipinski definition) is 3. The zero-order chi connectivity index (χ0) is 18.4. The molecule has 3 N–H and O–H groups in total. The second-order valence-electron chi connectivity index (χ2n) is 6.17. The fraction of sp³-hybridized carbons (Fsp3) is 0.389. The maximum absolute atomic E-state index is 12.2. The molecule has 1 fully saturated rings. The van der Waals surface area contributed by atoms with Gasteiger partial charge in [-0.3, -0.25) is 0 Å². The van der Waals surface area contributed by atoms with Crippen molar-refractivity contribution in [1.82, 2.24) is 5.32 Å². The summed E-state index contributed by atoms with van der Waals surface area (Å²) in [4.78, 5) is 2.96. The first-order valence-corrected chi connectivity index (χ1v) is 9.88. The molecule has 26 heavy (non-hydrogen) atoms. The van der Waals surface area contributed by atoms with E-state index in [1.807, 2.05) is 0 Å². The lowest BCUT2D eigenvalue weighted by Crippen LogP contribution is -3.11. The molecule has 3 rings (SSSR count). The third kappa shape index (κ3) is 5.36. The van der Waals surface area contributed by atoms with E-state index < -0.39 is 6.61 Å². The second-order valence-corrected chi connectivity index (χ2v) is 7.56. The van der Waals surface area contributed by atoms with Crippen molar-refractivity contribution in [3.05, 3.63) is 46.7 Å². The summed E-state index contributed by atoms with van der Waals surface area (Å²) in [7, 11) is 0. The number of thiocarbonyl (C=S) groups is 1. The summed E-state index contributed by atoms with van der Waals surface area (Å²) in [5, 5.41) is 9.01. The van der Waals surface area contributed by atoms with Crippen LogP contribution in [0.3, 0.4) is 0 Å². The van der Waals surface area contributed by atoms with Gasteiger partial charge in [0.1, 0.15) is 11.8 Å². The van der Waals surface area contributed by atoms with Crippen LogP contribution >= 0.6 is 23.6 Å². The van der Waals surface area contributed by atoms with E-state index in [-0.39, 0.29) is 5.75 Å². The Kier molecular flexibility index (Phi) is 6.76. The third-order valence-electron chi connectivity index (χ3n) is 4.43. The molecule has 2 heterocycles. The van der Waals surface area contributed by atoms with Crippen molar-refractivity contribution in [3.63, 3.8) is 0 Å². The maximum Gasteiger partial charge on any atom is 0.387 e. The first-order chi connectivity index (χ1) is 12.6. The van der Waals surface area contributed by atoms with Crippen LogP contribution in [0.15, 0.2) is 41.8 Å². The summed E-state index contributed by atoms with van der Waals surface area (Å²) in [6.07, 6.45) is 2.54. The number of nitrogens with one attached hydrogen (secondary N) is 3. The Bertz CT molecular complexity index is 689. The lowest BCUT2D eigenvalue weighted by atomic mass is 10.2. The predicted molar refractivity (Wildman–Crippen MR) is 104 cm³/mol. The first-order valence-electron chi connectivity index (χ1n) is 8.59. The molecule has 1 atom stereocenters. The van der Waals surface area contributed by atoms with E-state index in [1.165, 1.54) is 42.9 Å². The van der Waals surface area contributed by atoms with Crippen LogP contribution in [-0.2, 0) is 0 Å². The number of anilines is 1. The monoisotopic (exact) mass is 398 g/mol. The van der Waals surface area contributed by atoms with Gasteiger partial charge in [-0.2, -0.15) is 8.78 Å². The third-order valence-corrected chi connectivity index (χ3v) is 5.66. The van der Waals surface area contributed by atoms with Gasteiger partial charge in [-0.05, 0) is 47.9 Å². The highest BCUT2D eigenvalue weighted by atomic mass is 32.1. The van der Waals surface area contributed by atoms with Crippen LogP contribution in [0.5, 0.6) is 5.75 Å². The molecule has 1 aromatic carbocycles. The van der Waals surface area contributed by atoms with Gasteiger partial charge in [-0.15, -0.1) is 11.3 Å². The molecule has 2 aromatic rings. The minimum Gasteiger partial charge on any atom is -0.435 e. The van der Waals surface area contributed by atoms with Crippen molar-refractivity contribution in [1.29, 1.82) is 0 Å². The number of benzene rings is 1. The Balaban J connectivity index is 1.53. The summed E-state index contributed by atoms with van der Waals surface area (Å²) in [6.45, 7) is 0.319. The zero-order valence-corrected chi connectivity index (χ0v) is 15.8. The number of quaternary nitrogens is 1. The summed E-state index contributed by atoms with van der Waals surface area (Å²) < 4.78 is 28.7. The van der Waals surface area contributed by atoms with Gasteiger partial charge >= 0.3 is 6.61 Å². The molecule has 0 bridgehead atoms. The highest BCUT2D eigenvalue weighted by Gasteiger charge is 2.28. The van der Waals surface area contributed by atoms with E-state index >= 15 is 0 Å². The van der Waals surface area contributed by atoms with Gasteiger partial charge in [0.15, 0.2) is 5.11 Å². The number of halogens is 2. The van der Waals surface area contributed by atoms with Crippen LogP contribution in [0.1, 0.15) is 23.8 Å². The molecule has 0 saturated carbocycles. The molecule has 0 amide bonds. The molecular formula is C18H22F2N3OS2+. The quantitative estimate of drug-likeness (QED) is 0.627. The fourth-order valence-corrected chi connectivity index (χ4v) is 4.29. The molecule has 0 radical (unpaired) electrons. The number of rotatable bonds is 7. The normalized spacial score (nSPS) is 15.8. The van der Waals surface area contributed by atoms with Crippen molar-refractivity contribution in [2.75, 3.05) is 25.0 Å². The first kappa shape index (κ1) is 19.0. The summed E-state index contributed by atoms with van der Waals surface area (Å²) in [5.41, 5.74) is 0.727. The molecule has 1 aliphatic rings. The van der Waals surface area contributed by atoms with Crippen LogP contribution in [0.2, 0.25) is 0 Å². The SMILES string of the molecule is FC(F)Oc1ccc(NC(=S)NC[C@@H](c2cccs2)[NH+]2CCCC2)cc1. The molecule has 0 aliphatic carbocycles. The Labute approximate surface area is 161 Å². The molecule has 1 saturated heterocycles. The molecule has 140 valence electrons. The predicted octanol–water partition coefficient (Wildman–Crippen LogP) is 3.06. The van der Waals surface area contributed by atoms with Crippen molar-refractivity contribution in [3.8, 4) is 5.75 Å². The summed E-state index contributed by atoms with van der Waals surface area (Å²) in [5.74, 6) is 0.125. The molecule has 4 nitrogen and oxygen atoms in total. The van der Waals surface area contributed by atoms with Crippen LogP contribution in [0.4, 0.5) is 14.5 Å². The van der Waals surface area contributed by atoms with E-state index in [4.69, 9.17) is 12.2 Å². The fourth-order valence-electron chi connectivity index (χ4n) is 3.20. The zero-order valence-electron chi connectivity index (χ0n) is 14.2. The average Bonchev–Trinajstić information content (AvgIpc) is 3.30. The Morgan fingerprint density at radius 3 is 2.54 bits per heavy atom. The standard InChI is InChI=1S/C18H21F2N3OS2/c19-17(20)24-14-7-5-13(6-8-14)22-18(25)21-12-15(16-4-3-11-26-16)23-9-1-2-10-23/h3-8,11,15,17H,1-2,9-10,12H2,(H2,21,22,25)/p+1/t15-/m0/s1. The molecule has 1 aromatic heterocycles. The van der Waals surface area contributed by atoms with Crippen molar-refractivity contribution < 1.29 is 18.4 Å². The average molecular weight is 399 g/mol. The van der Waals surface area contributed by atoms with Crippen LogP contribution in [0, 0.1) is 0 Å². The molecule has 8 heteroatoms. The van der Waals surface area contributed by atoms with Gasteiger partial charge < -0.3 is 20.3 Å². The second kappa shape index (κ2) is 9.25. The minimum atomic E-state index is -2.82. The van der Waals surface area contributed by atoms with Crippen LogP contribution < -0.4 is 20.3 Å². The Morgan fingerprint density at radius 2 is 1.92 bits per heavy atom. The maximum atomic E-state index is 12.2. The van der Waals surface area contributed by atoms with E-state index in [1.54, 1.807) is 28.4 Å².